The van der Waals surface area contributed by atoms with Gasteiger partial charge < -0.3 is 4.57 Å². The van der Waals surface area contributed by atoms with Gasteiger partial charge in [-0.1, -0.05) is 163 Å². The quantitative estimate of drug-likeness (QED) is 0.171. The van der Waals surface area contributed by atoms with Crippen molar-refractivity contribution in [3.05, 3.63) is 198 Å². The zero-order valence-corrected chi connectivity index (χ0v) is 28.6. The molecule has 0 atom stereocenters. The van der Waals surface area contributed by atoms with Gasteiger partial charge in [-0.05, 0) is 79.9 Å². The summed E-state index contributed by atoms with van der Waals surface area (Å²) in [6.07, 6.45) is 4.75. The van der Waals surface area contributed by atoms with Crippen molar-refractivity contribution in [3.8, 4) is 50.2 Å². The summed E-state index contributed by atoms with van der Waals surface area (Å²) in [5.41, 5.74) is 16.3. The van der Waals surface area contributed by atoms with Crippen molar-refractivity contribution < 1.29 is 0 Å². The second-order valence-electron chi connectivity index (χ2n) is 13.2. The Morgan fingerprint density at radius 3 is 1.14 bits per heavy atom. The van der Waals surface area contributed by atoms with Crippen LogP contribution in [0.25, 0.3) is 50.2 Å². The molecule has 3 heteroatoms. The minimum atomic E-state index is -0.436. The number of nitrogens with zero attached hydrogens (tertiary/aromatic N) is 1. The summed E-state index contributed by atoms with van der Waals surface area (Å²) < 4.78 is 2.40. The molecule has 234 valence electrons. The van der Waals surface area contributed by atoms with Gasteiger partial charge in [0.05, 0.1) is 11.1 Å². The van der Waals surface area contributed by atoms with Crippen molar-refractivity contribution in [1.29, 1.82) is 0 Å². The van der Waals surface area contributed by atoms with Crippen LogP contribution in [0.3, 0.4) is 0 Å². The molecule has 2 aliphatic heterocycles. The van der Waals surface area contributed by atoms with Crippen LogP contribution in [0.1, 0.15) is 22.3 Å². The van der Waals surface area contributed by atoms with Crippen molar-refractivity contribution in [2.24, 2.45) is 0 Å². The highest BCUT2D eigenvalue weighted by atomic mass is 32.2. The molecule has 50 heavy (non-hydrogen) atoms. The Labute approximate surface area is 300 Å². The molecule has 8 aromatic rings. The first-order chi connectivity index (χ1) is 24.8. The Morgan fingerprint density at radius 2 is 0.680 bits per heavy atom. The van der Waals surface area contributed by atoms with E-state index in [2.05, 4.69) is 181 Å². The second kappa shape index (κ2) is 10.8. The van der Waals surface area contributed by atoms with Crippen LogP contribution in [0.2, 0.25) is 0 Å². The number of aromatic nitrogens is 1. The fraction of sp³-hybridized carbons (Fsp3) is 0.0213. The monoisotopic (exact) mass is 671 g/mol. The SMILES string of the molecule is c1ccc2c(c1)Sc1ccccc1C21c2ccccc2Sc2c(-n3cc4c(c3)-c3ccccc3-c3ccccc3-c3ccccc3-4)cccc21. The Kier molecular flexibility index (Phi) is 6.10. The van der Waals surface area contributed by atoms with E-state index in [0.717, 1.165) is 0 Å². The highest BCUT2D eigenvalue weighted by molar-refractivity contribution is 8.00. The minimum Gasteiger partial charge on any atom is -0.321 e. The van der Waals surface area contributed by atoms with E-state index < -0.39 is 5.41 Å². The summed E-state index contributed by atoms with van der Waals surface area (Å²) in [7, 11) is 0. The van der Waals surface area contributed by atoms with Crippen molar-refractivity contribution in [2.45, 2.75) is 25.0 Å². The third kappa shape index (κ3) is 3.82. The van der Waals surface area contributed by atoms with E-state index in [1.54, 1.807) is 0 Å². The highest BCUT2D eigenvalue weighted by Gasteiger charge is 2.49. The molecule has 0 N–H and O–H groups in total. The molecule has 1 aromatic heterocycles. The highest BCUT2D eigenvalue weighted by Crippen LogP contribution is 2.62. The Bertz CT molecular complexity index is 2530. The molecule has 1 spiro atoms. The molecule has 0 saturated carbocycles. The maximum atomic E-state index is 2.40. The van der Waals surface area contributed by atoms with Crippen molar-refractivity contribution in [3.63, 3.8) is 0 Å². The third-order valence-corrected chi connectivity index (χ3v) is 13.1. The topological polar surface area (TPSA) is 4.93 Å². The predicted octanol–water partition coefficient (Wildman–Crippen LogP) is 12.8. The van der Waals surface area contributed by atoms with Gasteiger partial charge in [0, 0.05) is 43.1 Å². The van der Waals surface area contributed by atoms with Crippen molar-refractivity contribution in [2.75, 3.05) is 0 Å². The first-order valence-corrected chi connectivity index (χ1v) is 18.7. The molecule has 0 bridgehead atoms. The van der Waals surface area contributed by atoms with E-state index in [9.17, 15) is 0 Å². The third-order valence-electron chi connectivity index (χ3n) is 10.7. The lowest BCUT2D eigenvalue weighted by Gasteiger charge is -2.45. The lowest BCUT2D eigenvalue weighted by molar-refractivity contribution is 0.665. The molecular weight excluding hydrogens is 643 g/mol. The van der Waals surface area contributed by atoms with E-state index >= 15 is 0 Å². The van der Waals surface area contributed by atoms with Gasteiger partial charge in [-0.3, -0.25) is 0 Å². The lowest BCUT2D eigenvalue weighted by Crippen LogP contribution is -2.36. The van der Waals surface area contributed by atoms with Crippen molar-refractivity contribution in [1.82, 2.24) is 4.57 Å². The first kappa shape index (κ1) is 28.4. The molecule has 0 radical (unpaired) electrons. The van der Waals surface area contributed by atoms with Gasteiger partial charge in [0.2, 0.25) is 0 Å². The maximum absolute atomic E-state index is 2.40. The Morgan fingerprint density at radius 1 is 0.320 bits per heavy atom. The van der Waals surface area contributed by atoms with E-state index in [1.165, 1.54) is 92.0 Å². The number of rotatable bonds is 1. The van der Waals surface area contributed by atoms with Crippen LogP contribution >= 0.6 is 23.5 Å². The molecular formula is C47H29NS2. The van der Waals surface area contributed by atoms with Gasteiger partial charge in [-0.2, -0.15) is 0 Å². The molecule has 11 rings (SSSR count). The van der Waals surface area contributed by atoms with Gasteiger partial charge in [-0.15, -0.1) is 0 Å². The van der Waals surface area contributed by atoms with Gasteiger partial charge >= 0.3 is 0 Å². The fourth-order valence-corrected chi connectivity index (χ4v) is 11.2. The van der Waals surface area contributed by atoms with Crippen LogP contribution in [0.5, 0.6) is 0 Å². The van der Waals surface area contributed by atoms with Crippen LogP contribution in [-0.2, 0) is 5.41 Å². The average molecular weight is 672 g/mol. The van der Waals surface area contributed by atoms with Crippen LogP contribution < -0.4 is 0 Å². The number of benzene rings is 7. The zero-order chi connectivity index (χ0) is 32.8. The first-order valence-electron chi connectivity index (χ1n) is 17.1. The number of hydrogen-bond acceptors (Lipinski definition) is 2. The van der Waals surface area contributed by atoms with Gasteiger partial charge in [0.1, 0.15) is 0 Å². The van der Waals surface area contributed by atoms with Crippen LogP contribution in [0.15, 0.2) is 196 Å². The standard InChI is InChI=1S/C47H29NS2/c1-2-15-31-30(14-1)32-16-3-5-18-34(32)36-28-48(29-37(36)35-19-6-4-17-33(31)35)42-24-13-23-41-46(42)50-45-27-12-9-22-40(45)47(41)38-20-7-10-25-43(38)49-44-26-11-8-21-39(44)47/h1-29H. The summed E-state index contributed by atoms with van der Waals surface area (Å²) in [6, 6.07) is 60.8. The normalized spacial score (nSPS) is 14.0. The predicted molar refractivity (Wildman–Crippen MR) is 208 cm³/mol. The van der Waals surface area contributed by atoms with E-state index in [1.807, 2.05) is 23.5 Å². The van der Waals surface area contributed by atoms with E-state index in [0.29, 0.717) is 0 Å². The summed E-state index contributed by atoms with van der Waals surface area (Å²) in [5, 5.41) is 0. The molecule has 3 heterocycles. The smallest absolute Gasteiger partial charge is 0.0746 e. The molecule has 0 fully saturated rings. The molecule has 0 unspecified atom stereocenters. The van der Waals surface area contributed by atoms with Crippen LogP contribution in [0.4, 0.5) is 0 Å². The van der Waals surface area contributed by atoms with Gasteiger partial charge in [-0.25, -0.2) is 0 Å². The van der Waals surface area contributed by atoms with Crippen LogP contribution in [-0.4, -0.2) is 4.57 Å². The molecule has 0 saturated heterocycles. The molecule has 1 aliphatic carbocycles. The molecule has 7 aromatic carbocycles. The lowest BCUT2D eigenvalue weighted by atomic mass is 9.64. The zero-order valence-electron chi connectivity index (χ0n) is 27.0. The summed E-state index contributed by atoms with van der Waals surface area (Å²) >= 11 is 3.80. The number of fused-ring (bicyclic) bond motifs is 16. The van der Waals surface area contributed by atoms with E-state index in [-0.39, 0.29) is 0 Å². The largest absolute Gasteiger partial charge is 0.321 e. The molecule has 0 amide bonds. The fourth-order valence-electron chi connectivity index (χ4n) is 8.71. The van der Waals surface area contributed by atoms with Gasteiger partial charge in [0.15, 0.2) is 0 Å². The summed E-state index contributed by atoms with van der Waals surface area (Å²) in [5.74, 6) is 0. The number of hydrogen-bond donors (Lipinski definition) is 0. The van der Waals surface area contributed by atoms with Crippen molar-refractivity contribution >= 4 is 23.5 Å². The summed E-state index contributed by atoms with van der Waals surface area (Å²) in [6.45, 7) is 0. The minimum absolute atomic E-state index is 0.436. The van der Waals surface area contributed by atoms with E-state index in [4.69, 9.17) is 0 Å². The Hall–Kier alpha value is -5.48. The van der Waals surface area contributed by atoms with Crippen LogP contribution in [0, 0.1) is 0 Å². The second-order valence-corrected chi connectivity index (χ2v) is 15.4. The maximum Gasteiger partial charge on any atom is 0.0746 e. The Balaban J connectivity index is 1.22. The average Bonchev–Trinajstić information content (AvgIpc) is 3.62. The molecule has 1 nitrogen and oxygen atoms in total. The summed E-state index contributed by atoms with van der Waals surface area (Å²) in [4.78, 5) is 5.25. The molecule has 3 aliphatic rings. The van der Waals surface area contributed by atoms with Gasteiger partial charge in [0.25, 0.3) is 0 Å².